The minimum absolute atomic E-state index is 0.0663. The molecule has 2 amide bonds. The molecule has 23 heavy (non-hydrogen) atoms. The van der Waals surface area contributed by atoms with Gasteiger partial charge >= 0.3 is 0 Å². The number of ether oxygens (including phenoxy) is 1. The summed E-state index contributed by atoms with van der Waals surface area (Å²) in [6, 6.07) is 4.10. The second-order valence-corrected chi connectivity index (χ2v) is 5.46. The van der Waals surface area contributed by atoms with Crippen molar-refractivity contribution in [3.8, 4) is 5.75 Å². The van der Waals surface area contributed by atoms with Crippen LogP contribution in [0.3, 0.4) is 0 Å². The molecule has 1 fully saturated rings. The number of aliphatic imine (C=N–C) groups is 1. The third-order valence-corrected chi connectivity index (χ3v) is 3.94. The number of aliphatic hydroxyl groups excluding tert-OH is 1. The Hall–Kier alpha value is -2.61. The second kappa shape index (κ2) is 5.88. The van der Waals surface area contributed by atoms with Gasteiger partial charge in [0.15, 0.2) is 6.04 Å². The highest BCUT2D eigenvalue weighted by molar-refractivity contribution is 6.17. The molecule has 3 rings (SSSR count). The first-order chi connectivity index (χ1) is 11.0. The molecule has 8 heteroatoms. The molecule has 4 N–H and O–H groups in total. The van der Waals surface area contributed by atoms with Gasteiger partial charge in [0.1, 0.15) is 5.75 Å². The van der Waals surface area contributed by atoms with Gasteiger partial charge in [-0.05, 0) is 25.1 Å². The SMILES string of the molecule is CC1c2cc(OCCCO)ccc2N=C2NC(=O)C(C(N)=O)N21. The van der Waals surface area contributed by atoms with Crippen molar-refractivity contribution in [3.63, 3.8) is 0 Å². The van der Waals surface area contributed by atoms with Crippen LogP contribution in [-0.2, 0) is 9.59 Å². The number of benzene rings is 1. The van der Waals surface area contributed by atoms with E-state index in [4.69, 9.17) is 15.6 Å². The Morgan fingerprint density at radius 3 is 3.00 bits per heavy atom. The van der Waals surface area contributed by atoms with E-state index in [1.165, 1.54) is 0 Å². The summed E-state index contributed by atoms with van der Waals surface area (Å²) in [5, 5.41) is 11.4. The topological polar surface area (TPSA) is 117 Å². The van der Waals surface area contributed by atoms with Crippen LogP contribution in [0.5, 0.6) is 5.75 Å². The lowest BCUT2D eigenvalue weighted by atomic mass is 10.0. The molecular weight excluding hydrogens is 300 g/mol. The van der Waals surface area contributed by atoms with E-state index in [1.807, 2.05) is 13.0 Å². The lowest BCUT2D eigenvalue weighted by Crippen LogP contribution is -2.47. The van der Waals surface area contributed by atoms with Gasteiger partial charge in [-0.25, -0.2) is 4.99 Å². The number of guanidine groups is 1. The van der Waals surface area contributed by atoms with Crippen LogP contribution in [0.15, 0.2) is 23.2 Å². The molecule has 0 bridgehead atoms. The number of nitrogens with zero attached hydrogens (tertiary/aromatic N) is 2. The molecule has 2 heterocycles. The number of hydrogen-bond acceptors (Lipinski definition) is 6. The summed E-state index contributed by atoms with van der Waals surface area (Å²) in [4.78, 5) is 29.5. The average molecular weight is 318 g/mol. The predicted octanol–water partition coefficient (Wildman–Crippen LogP) is -0.204. The van der Waals surface area contributed by atoms with E-state index in [0.717, 1.165) is 5.56 Å². The highest BCUT2D eigenvalue weighted by atomic mass is 16.5. The van der Waals surface area contributed by atoms with Crippen LogP contribution in [0.1, 0.15) is 24.9 Å². The number of fused-ring (bicyclic) bond motifs is 2. The first kappa shape index (κ1) is 15.3. The Balaban J connectivity index is 1.91. The van der Waals surface area contributed by atoms with Crippen molar-refractivity contribution in [1.29, 1.82) is 0 Å². The molecule has 0 aliphatic carbocycles. The summed E-state index contributed by atoms with van der Waals surface area (Å²) < 4.78 is 5.57. The van der Waals surface area contributed by atoms with Gasteiger partial charge in [0.25, 0.3) is 5.91 Å². The Bertz CT molecular complexity index is 688. The fraction of sp³-hybridized carbons (Fsp3) is 0.400. The number of carbonyl (C=O) groups is 2. The Morgan fingerprint density at radius 1 is 1.52 bits per heavy atom. The van der Waals surface area contributed by atoms with Gasteiger partial charge in [0.05, 0.1) is 18.3 Å². The summed E-state index contributed by atoms with van der Waals surface area (Å²) in [6.07, 6.45) is 0.545. The maximum atomic E-state index is 11.9. The lowest BCUT2D eigenvalue weighted by molar-refractivity contribution is -0.131. The Morgan fingerprint density at radius 2 is 2.30 bits per heavy atom. The van der Waals surface area contributed by atoms with E-state index >= 15 is 0 Å². The summed E-state index contributed by atoms with van der Waals surface area (Å²) in [5.74, 6) is -0.182. The fourth-order valence-electron chi connectivity index (χ4n) is 2.83. The molecule has 0 radical (unpaired) electrons. The molecule has 122 valence electrons. The van der Waals surface area contributed by atoms with Crippen LogP contribution in [0.2, 0.25) is 0 Å². The van der Waals surface area contributed by atoms with Crippen molar-refractivity contribution < 1.29 is 19.4 Å². The van der Waals surface area contributed by atoms with Crippen LogP contribution in [0.25, 0.3) is 0 Å². The van der Waals surface area contributed by atoms with Gasteiger partial charge in [0.2, 0.25) is 11.9 Å². The molecule has 0 spiro atoms. The number of carbonyl (C=O) groups excluding carboxylic acids is 2. The molecule has 2 atom stereocenters. The third-order valence-electron chi connectivity index (χ3n) is 3.94. The molecule has 2 aliphatic rings. The molecule has 1 aromatic rings. The third kappa shape index (κ3) is 2.61. The van der Waals surface area contributed by atoms with E-state index in [0.29, 0.717) is 30.4 Å². The monoisotopic (exact) mass is 318 g/mol. The largest absolute Gasteiger partial charge is 0.493 e. The number of amides is 2. The summed E-state index contributed by atoms with van der Waals surface area (Å²) in [5.41, 5.74) is 6.90. The molecule has 8 nitrogen and oxygen atoms in total. The maximum Gasteiger partial charge on any atom is 0.259 e. The highest BCUT2D eigenvalue weighted by Gasteiger charge is 2.45. The maximum absolute atomic E-state index is 11.9. The molecule has 1 saturated heterocycles. The van der Waals surface area contributed by atoms with E-state index < -0.39 is 17.9 Å². The lowest BCUT2D eigenvalue weighted by Gasteiger charge is -2.33. The number of hydrogen-bond donors (Lipinski definition) is 3. The zero-order chi connectivity index (χ0) is 16.6. The normalized spacial score (nSPS) is 22.1. The van der Waals surface area contributed by atoms with Crippen LogP contribution < -0.4 is 15.8 Å². The smallest absolute Gasteiger partial charge is 0.259 e. The first-order valence-electron chi connectivity index (χ1n) is 7.37. The second-order valence-electron chi connectivity index (χ2n) is 5.46. The van der Waals surface area contributed by atoms with Crippen LogP contribution >= 0.6 is 0 Å². The average Bonchev–Trinajstić information content (AvgIpc) is 2.84. The van der Waals surface area contributed by atoms with Gasteiger partial charge in [-0.3, -0.25) is 14.9 Å². The quantitative estimate of drug-likeness (QED) is 0.513. The highest BCUT2D eigenvalue weighted by Crippen LogP contribution is 2.39. The molecular formula is C15H18N4O4. The van der Waals surface area contributed by atoms with Crippen molar-refractivity contribution >= 4 is 23.5 Å². The Labute approximate surface area is 132 Å². The zero-order valence-corrected chi connectivity index (χ0v) is 12.7. The zero-order valence-electron chi connectivity index (χ0n) is 12.7. The standard InChI is InChI=1S/C15H18N4O4/c1-8-10-7-9(23-6-2-5-20)3-4-11(10)17-15-18-14(22)12(13(16)21)19(8)15/h3-4,7-8,12,20H,2,5-6H2,1H3,(H2,16,21)(H,17,18,22). The molecule has 2 unspecified atom stereocenters. The number of rotatable bonds is 5. The minimum Gasteiger partial charge on any atom is -0.493 e. The summed E-state index contributed by atoms with van der Waals surface area (Å²) >= 11 is 0. The first-order valence-corrected chi connectivity index (χ1v) is 7.37. The number of aliphatic hydroxyl groups is 1. The number of nitrogens with one attached hydrogen (secondary N) is 1. The fourth-order valence-corrected chi connectivity index (χ4v) is 2.83. The van der Waals surface area contributed by atoms with Crippen LogP contribution in [0.4, 0.5) is 5.69 Å². The van der Waals surface area contributed by atoms with E-state index in [9.17, 15) is 9.59 Å². The number of primary amides is 1. The van der Waals surface area contributed by atoms with Gasteiger partial charge in [0, 0.05) is 18.6 Å². The predicted molar refractivity (Wildman–Crippen MR) is 82.1 cm³/mol. The summed E-state index contributed by atoms with van der Waals surface area (Å²) in [7, 11) is 0. The van der Waals surface area contributed by atoms with Crippen LogP contribution in [0, 0.1) is 0 Å². The van der Waals surface area contributed by atoms with Gasteiger partial charge < -0.3 is 20.5 Å². The van der Waals surface area contributed by atoms with Crippen molar-refractivity contribution in [3.05, 3.63) is 23.8 Å². The van der Waals surface area contributed by atoms with Gasteiger partial charge in [-0.15, -0.1) is 0 Å². The van der Waals surface area contributed by atoms with Crippen molar-refractivity contribution in [2.75, 3.05) is 13.2 Å². The van der Waals surface area contributed by atoms with Crippen molar-refractivity contribution in [1.82, 2.24) is 10.2 Å². The van der Waals surface area contributed by atoms with Crippen molar-refractivity contribution in [2.45, 2.75) is 25.4 Å². The van der Waals surface area contributed by atoms with Gasteiger partial charge in [-0.2, -0.15) is 0 Å². The van der Waals surface area contributed by atoms with E-state index in [2.05, 4.69) is 10.3 Å². The molecule has 2 aliphatic heterocycles. The molecule has 0 aromatic heterocycles. The number of nitrogens with two attached hydrogens (primary N) is 1. The van der Waals surface area contributed by atoms with E-state index in [-0.39, 0.29) is 12.6 Å². The molecule has 0 saturated carbocycles. The van der Waals surface area contributed by atoms with E-state index in [1.54, 1.807) is 17.0 Å². The van der Waals surface area contributed by atoms with Gasteiger partial charge in [-0.1, -0.05) is 0 Å². The van der Waals surface area contributed by atoms with Crippen molar-refractivity contribution in [2.24, 2.45) is 10.7 Å². The minimum atomic E-state index is -1.06. The Kier molecular flexibility index (Phi) is 3.91. The van der Waals surface area contributed by atoms with Crippen LogP contribution in [-0.4, -0.2) is 47.0 Å². The summed E-state index contributed by atoms with van der Waals surface area (Å²) in [6.45, 7) is 2.35. The molecule has 1 aromatic carbocycles.